The Kier molecular flexibility index (Phi) is 3.74. The van der Waals surface area contributed by atoms with Crippen LogP contribution in [0.1, 0.15) is 29.3 Å². The van der Waals surface area contributed by atoms with Gasteiger partial charge >= 0.3 is 0 Å². The molecular weight excluding hydrogens is 498 g/mol. The minimum absolute atomic E-state index is 0.0803. The highest BCUT2D eigenvalue weighted by atomic mass is 32.2. The monoisotopic (exact) mass is 516 g/mol. The maximum atomic E-state index is 14.5. The third kappa shape index (κ3) is 2.50. The lowest BCUT2D eigenvalue weighted by molar-refractivity contribution is 0.162. The molecule has 5 atom stereocenters. The molecule has 3 aromatic heterocycles. The van der Waals surface area contributed by atoms with Crippen LogP contribution in [0.3, 0.4) is 0 Å². The van der Waals surface area contributed by atoms with Crippen molar-refractivity contribution in [2.24, 2.45) is 17.3 Å². The predicted octanol–water partition coefficient (Wildman–Crippen LogP) is 3.68. The largest absolute Gasteiger partial charge is 0.266 e. The van der Waals surface area contributed by atoms with Crippen molar-refractivity contribution >= 4 is 15.8 Å². The van der Waals surface area contributed by atoms with Gasteiger partial charge in [0, 0.05) is 5.41 Å². The number of aromatic nitrogens is 5. The number of rotatable bonds is 5. The SMILES string of the molecule is CS(=O)(=O)Nc1cnc(-c2cccc([C@@]34CC5C6C(c7cc(-c8c(F)cccc8F)nnc73)C564)n2)cn1. The van der Waals surface area contributed by atoms with Gasteiger partial charge in [-0.2, -0.15) is 5.10 Å². The smallest absolute Gasteiger partial charge is 0.231 e. The van der Waals surface area contributed by atoms with Crippen LogP contribution >= 0.6 is 0 Å². The standard InChI is InChI=1S/C26H18F2N6O2S/c1-37(35,36)34-20-11-29-18(10-30-20)16-6-3-7-19(31-16)25-9-13-23-22(26(13,23)25)12-8-17(32-33-24(12)25)21-14(27)4-2-5-15(21)28/h2-8,10-11,13,22-23H,9H2,1H3,(H,30,34)/t13?,22?,23?,25-,26?/m0/s1. The Morgan fingerprint density at radius 1 is 0.973 bits per heavy atom. The Morgan fingerprint density at radius 3 is 2.46 bits per heavy atom. The average molecular weight is 517 g/mol. The van der Waals surface area contributed by atoms with E-state index in [-0.39, 0.29) is 27.9 Å². The zero-order valence-electron chi connectivity index (χ0n) is 19.4. The van der Waals surface area contributed by atoms with Crippen LogP contribution in [0.5, 0.6) is 0 Å². The molecule has 0 radical (unpaired) electrons. The van der Waals surface area contributed by atoms with Crippen molar-refractivity contribution in [2.75, 3.05) is 11.0 Å². The summed E-state index contributed by atoms with van der Waals surface area (Å²) in [5.74, 6) is 0.300. The summed E-state index contributed by atoms with van der Waals surface area (Å²) in [6, 6.07) is 11.4. The maximum absolute atomic E-state index is 14.5. The molecule has 1 N–H and O–H groups in total. The molecule has 4 aliphatic rings. The van der Waals surface area contributed by atoms with Gasteiger partial charge in [0.25, 0.3) is 0 Å². The maximum Gasteiger partial charge on any atom is 0.231 e. The number of anilines is 1. The normalized spacial score (nSPS) is 29.5. The highest BCUT2D eigenvalue weighted by Gasteiger charge is 3.03. The second-order valence-electron chi connectivity index (χ2n) is 10.4. The second kappa shape index (κ2) is 6.52. The minimum Gasteiger partial charge on any atom is -0.266 e. The molecule has 0 amide bonds. The highest BCUT2D eigenvalue weighted by molar-refractivity contribution is 7.92. The molecule has 37 heavy (non-hydrogen) atoms. The molecule has 8 nitrogen and oxygen atoms in total. The predicted molar refractivity (Wildman–Crippen MR) is 129 cm³/mol. The van der Waals surface area contributed by atoms with E-state index in [2.05, 4.69) is 24.9 Å². The van der Waals surface area contributed by atoms with E-state index in [0.29, 0.717) is 29.1 Å². The molecule has 4 aromatic rings. The molecule has 4 unspecified atom stereocenters. The average Bonchev–Trinajstić information content (AvgIpc) is 3.70. The van der Waals surface area contributed by atoms with Crippen molar-refractivity contribution in [3.05, 3.63) is 83.4 Å². The van der Waals surface area contributed by atoms with Crippen LogP contribution in [-0.2, 0) is 15.4 Å². The van der Waals surface area contributed by atoms with Gasteiger partial charge < -0.3 is 0 Å². The van der Waals surface area contributed by atoms with E-state index in [4.69, 9.17) is 4.98 Å². The number of nitrogens with zero attached hydrogens (tertiary/aromatic N) is 5. The number of hydrogen-bond acceptors (Lipinski definition) is 7. The number of nitrogens with one attached hydrogen (secondary N) is 1. The van der Waals surface area contributed by atoms with Gasteiger partial charge in [0.1, 0.15) is 17.3 Å². The number of halogens is 2. The first-order valence-corrected chi connectivity index (χ1v) is 13.7. The first-order chi connectivity index (χ1) is 17.8. The zero-order valence-corrected chi connectivity index (χ0v) is 20.2. The third-order valence-corrected chi connectivity index (χ3v) is 9.27. The highest BCUT2D eigenvalue weighted by Crippen LogP contribution is 3.05. The summed E-state index contributed by atoms with van der Waals surface area (Å²) >= 11 is 0. The van der Waals surface area contributed by atoms with Crippen LogP contribution < -0.4 is 4.72 Å². The first-order valence-electron chi connectivity index (χ1n) is 11.9. The third-order valence-electron chi connectivity index (χ3n) is 8.69. The molecule has 3 heterocycles. The second-order valence-corrected chi connectivity index (χ2v) is 12.1. The lowest BCUT2D eigenvalue weighted by Gasteiger charge is -2.43. The number of pyridine rings is 1. The summed E-state index contributed by atoms with van der Waals surface area (Å²) < 4.78 is 54.1. The molecule has 1 spiro atoms. The van der Waals surface area contributed by atoms with Gasteiger partial charge in [-0.3, -0.25) is 9.71 Å². The molecular formula is C26H18F2N6O2S. The Balaban J connectivity index is 1.20. The van der Waals surface area contributed by atoms with Crippen molar-refractivity contribution in [1.82, 2.24) is 25.1 Å². The summed E-state index contributed by atoms with van der Waals surface area (Å²) in [6.45, 7) is 0. The van der Waals surface area contributed by atoms with Crippen LogP contribution in [0.4, 0.5) is 14.6 Å². The quantitative estimate of drug-likeness (QED) is 0.431. The van der Waals surface area contributed by atoms with Gasteiger partial charge in [0.05, 0.1) is 52.4 Å². The lowest BCUT2D eigenvalue weighted by atomic mass is 9.59. The Hall–Kier alpha value is -3.86. The van der Waals surface area contributed by atoms with Crippen LogP contribution in [0.25, 0.3) is 22.6 Å². The van der Waals surface area contributed by atoms with E-state index < -0.39 is 21.7 Å². The van der Waals surface area contributed by atoms with Gasteiger partial charge in [0.2, 0.25) is 10.0 Å². The zero-order chi connectivity index (χ0) is 25.3. The lowest BCUT2D eigenvalue weighted by Crippen LogP contribution is -2.44. The number of hydrogen-bond donors (Lipinski definition) is 1. The van der Waals surface area contributed by atoms with E-state index in [1.54, 1.807) is 0 Å². The Morgan fingerprint density at radius 2 is 1.76 bits per heavy atom. The summed E-state index contributed by atoms with van der Waals surface area (Å²) in [4.78, 5) is 13.5. The Bertz CT molecular complexity index is 1760. The molecule has 0 bridgehead atoms. The van der Waals surface area contributed by atoms with E-state index in [1.165, 1.54) is 30.6 Å². The molecule has 0 aliphatic heterocycles. The van der Waals surface area contributed by atoms with Crippen LogP contribution in [0, 0.1) is 28.9 Å². The molecule has 8 rings (SSSR count). The molecule has 184 valence electrons. The van der Waals surface area contributed by atoms with Crippen molar-refractivity contribution in [3.8, 4) is 22.6 Å². The van der Waals surface area contributed by atoms with Gasteiger partial charge in [-0.05, 0) is 60.1 Å². The Labute approximate surface area is 210 Å². The molecule has 0 saturated heterocycles. The number of sulfonamides is 1. The fourth-order valence-electron chi connectivity index (χ4n) is 7.39. The minimum atomic E-state index is -3.46. The molecule has 4 aliphatic carbocycles. The van der Waals surface area contributed by atoms with Gasteiger partial charge in [-0.15, -0.1) is 5.10 Å². The van der Waals surface area contributed by atoms with E-state index >= 15 is 0 Å². The molecule has 3 fully saturated rings. The van der Waals surface area contributed by atoms with Gasteiger partial charge in [-0.1, -0.05) is 12.1 Å². The van der Waals surface area contributed by atoms with E-state index in [1.807, 2.05) is 24.3 Å². The van der Waals surface area contributed by atoms with Crippen LogP contribution in [-0.4, -0.2) is 39.8 Å². The van der Waals surface area contributed by atoms with Crippen molar-refractivity contribution in [2.45, 2.75) is 17.8 Å². The summed E-state index contributed by atoms with van der Waals surface area (Å²) in [7, 11) is -3.46. The number of fused-ring (bicyclic) bond motifs is 5. The van der Waals surface area contributed by atoms with Crippen molar-refractivity contribution in [3.63, 3.8) is 0 Å². The van der Waals surface area contributed by atoms with Gasteiger partial charge in [-0.25, -0.2) is 27.2 Å². The van der Waals surface area contributed by atoms with E-state index in [9.17, 15) is 17.2 Å². The van der Waals surface area contributed by atoms with Crippen LogP contribution in [0.2, 0.25) is 0 Å². The van der Waals surface area contributed by atoms with Gasteiger partial charge in [0.15, 0.2) is 5.82 Å². The van der Waals surface area contributed by atoms with Crippen molar-refractivity contribution in [1.29, 1.82) is 0 Å². The van der Waals surface area contributed by atoms with Crippen molar-refractivity contribution < 1.29 is 17.2 Å². The summed E-state index contributed by atoms with van der Waals surface area (Å²) in [5, 5.41) is 8.85. The topological polar surface area (TPSA) is 111 Å². The van der Waals surface area contributed by atoms with E-state index in [0.717, 1.165) is 29.6 Å². The molecule has 3 saturated carbocycles. The number of benzene rings is 1. The molecule has 1 aromatic carbocycles. The van der Waals surface area contributed by atoms with Crippen LogP contribution in [0.15, 0.2) is 54.9 Å². The fourth-order valence-corrected chi connectivity index (χ4v) is 7.87. The molecule has 11 heteroatoms. The first kappa shape index (κ1) is 21.2. The summed E-state index contributed by atoms with van der Waals surface area (Å²) in [6.07, 6.45) is 4.81. The summed E-state index contributed by atoms with van der Waals surface area (Å²) in [5.41, 5.74) is 3.66. The fraction of sp³-hybridized carbons (Fsp3) is 0.269.